The lowest BCUT2D eigenvalue weighted by molar-refractivity contribution is -0.133. The monoisotopic (exact) mass is 281 g/mol. The largest absolute Gasteiger partial charge is 0.379 e. The summed E-state index contributed by atoms with van der Waals surface area (Å²) in [5.41, 5.74) is 0.957. The Morgan fingerprint density at radius 2 is 2.21 bits per heavy atom. The van der Waals surface area contributed by atoms with E-state index in [0.717, 1.165) is 39.1 Å². The van der Waals surface area contributed by atoms with Crippen LogP contribution in [0.1, 0.15) is 32.3 Å². The summed E-state index contributed by atoms with van der Waals surface area (Å²) in [5, 5.41) is 4.20. The van der Waals surface area contributed by atoms with Gasteiger partial charge in [-0.1, -0.05) is 6.92 Å². The van der Waals surface area contributed by atoms with Crippen LogP contribution < -0.4 is 0 Å². The number of thiophene rings is 1. The van der Waals surface area contributed by atoms with E-state index in [2.05, 4.69) is 35.6 Å². The molecule has 0 saturated carbocycles. The number of hydrogen-bond donors (Lipinski definition) is 0. The lowest BCUT2D eigenvalue weighted by Gasteiger charge is -2.41. The zero-order valence-electron chi connectivity index (χ0n) is 11.9. The van der Waals surface area contributed by atoms with Crippen molar-refractivity contribution >= 4 is 17.1 Å². The summed E-state index contributed by atoms with van der Waals surface area (Å²) in [5.74, 6) is 0.364. The third-order valence-electron chi connectivity index (χ3n) is 4.22. The molecule has 3 nitrogen and oxygen atoms in total. The Balaban J connectivity index is 1.96. The van der Waals surface area contributed by atoms with Gasteiger partial charge < -0.3 is 4.74 Å². The standard InChI is InChI=1S/C15H23NO2S/c1-3-15(2,16-7-9-18-10-8-16)14(17)5-4-13-6-11-19-12-13/h6,11-12H,3-5,7-10H2,1-2H3. The van der Waals surface area contributed by atoms with Crippen molar-refractivity contribution < 1.29 is 9.53 Å². The van der Waals surface area contributed by atoms with E-state index < -0.39 is 0 Å². The molecule has 1 aliphatic heterocycles. The fourth-order valence-corrected chi connectivity index (χ4v) is 3.32. The van der Waals surface area contributed by atoms with Crippen LogP contribution in [-0.2, 0) is 16.0 Å². The maximum atomic E-state index is 12.6. The third-order valence-corrected chi connectivity index (χ3v) is 4.95. The molecule has 1 aromatic rings. The number of carbonyl (C=O) groups excluding carboxylic acids is 1. The molecule has 1 unspecified atom stereocenters. The zero-order valence-corrected chi connectivity index (χ0v) is 12.7. The van der Waals surface area contributed by atoms with Crippen molar-refractivity contribution in [3.63, 3.8) is 0 Å². The first-order valence-electron chi connectivity index (χ1n) is 7.04. The summed E-state index contributed by atoms with van der Waals surface area (Å²) in [7, 11) is 0. The first kappa shape index (κ1) is 14.7. The molecule has 0 bridgehead atoms. The van der Waals surface area contributed by atoms with E-state index in [1.807, 2.05) is 0 Å². The van der Waals surface area contributed by atoms with Crippen molar-refractivity contribution in [1.82, 2.24) is 4.90 Å². The normalized spacial score (nSPS) is 20.1. The number of ether oxygens (including phenoxy) is 1. The number of hydrogen-bond acceptors (Lipinski definition) is 4. The highest BCUT2D eigenvalue weighted by Gasteiger charge is 2.37. The fourth-order valence-electron chi connectivity index (χ4n) is 2.62. The zero-order chi connectivity index (χ0) is 13.7. The van der Waals surface area contributed by atoms with E-state index in [1.165, 1.54) is 5.56 Å². The SMILES string of the molecule is CCC(C)(C(=O)CCc1ccsc1)N1CCOCC1. The molecule has 0 aromatic carbocycles. The molecule has 0 spiro atoms. The van der Waals surface area contributed by atoms with E-state index in [1.54, 1.807) is 11.3 Å². The molecule has 2 rings (SSSR count). The van der Waals surface area contributed by atoms with Crippen molar-refractivity contribution in [3.8, 4) is 0 Å². The Hall–Kier alpha value is -0.710. The Bertz CT molecular complexity index is 398. The molecule has 0 radical (unpaired) electrons. The average molecular weight is 281 g/mol. The van der Waals surface area contributed by atoms with Crippen molar-refractivity contribution in [2.45, 2.75) is 38.6 Å². The van der Waals surface area contributed by atoms with Crippen LogP contribution in [0.15, 0.2) is 16.8 Å². The van der Waals surface area contributed by atoms with Crippen LogP contribution in [0, 0.1) is 0 Å². The van der Waals surface area contributed by atoms with Gasteiger partial charge in [-0.15, -0.1) is 0 Å². The van der Waals surface area contributed by atoms with Crippen LogP contribution in [0.5, 0.6) is 0 Å². The van der Waals surface area contributed by atoms with Crippen molar-refractivity contribution in [2.24, 2.45) is 0 Å². The maximum Gasteiger partial charge on any atom is 0.153 e. The molecule has 0 N–H and O–H groups in total. The van der Waals surface area contributed by atoms with Crippen LogP contribution >= 0.6 is 11.3 Å². The second-order valence-electron chi connectivity index (χ2n) is 5.28. The summed E-state index contributed by atoms with van der Waals surface area (Å²) >= 11 is 1.69. The smallest absolute Gasteiger partial charge is 0.153 e. The van der Waals surface area contributed by atoms with Crippen LogP contribution in [-0.4, -0.2) is 42.5 Å². The van der Waals surface area contributed by atoms with Gasteiger partial charge in [0.15, 0.2) is 5.78 Å². The highest BCUT2D eigenvalue weighted by Crippen LogP contribution is 2.24. The van der Waals surface area contributed by atoms with Crippen LogP contribution in [0.4, 0.5) is 0 Å². The van der Waals surface area contributed by atoms with Crippen LogP contribution in [0.2, 0.25) is 0 Å². The number of aryl methyl sites for hydroxylation is 1. The molecule has 4 heteroatoms. The first-order valence-corrected chi connectivity index (χ1v) is 7.98. The van der Waals surface area contributed by atoms with Crippen molar-refractivity contribution in [3.05, 3.63) is 22.4 Å². The second-order valence-corrected chi connectivity index (χ2v) is 6.06. The topological polar surface area (TPSA) is 29.5 Å². The summed E-state index contributed by atoms with van der Waals surface area (Å²) in [4.78, 5) is 14.9. The molecule has 1 aromatic heterocycles. The summed E-state index contributed by atoms with van der Waals surface area (Å²) in [6.45, 7) is 7.43. The molecule has 106 valence electrons. The van der Waals surface area contributed by atoms with E-state index in [-0.39, 0.29) is 5.54 Å². The van der Waals surface area contributed by atoms with Gasteiger partial charge in [0, 0.05) is 19.5 Å². The Morgan fingerprint density at radius 1 is 1.47 bits per heavy atom. The van der Waals surface area contributed by atoms with Gasteiger partial charge in [-0.05, 0) is 42.2 Å². The van der Waals surface area contributed by atoms with Gasteiger partial charge in [0.05, 0.1) is 18.8 Å². The van der Waals surface area contributed by atoms with Crippen LogP contribution in [0.25, 0.3) is 0 Å². The van der Waals surface area contributed by atoms with Gasteiger partial charge in [-0.25, -0.2) is 0 Å². The average Bonchev–Trinajstić information content (AvgIpc) is 2.98. The van der Waals surface area contributed by atoms with Crippen molar-refractivity contribution in [2.75, 3.05) is 26.3 Å². The number of Topliss-reactive ketones (excluding diaryl/α,β-unsaturated/α-hetero) is 1. The van der Waals surface area contributed by atoms with Gasteiger partial charge in [0.25, 0.3) is 0 Å². The fraction of sp³-hybridized carbons (Fsp3) is 0.667. The predicted octanol–water partition coefficient (Wildman–Crippen LogP) is 2.75. The Labute approximate surface area is 119 Å². The maximum absolute atomic E-state index is 12.6. The third kappa shape index (κ3) is 3.44. The quantitative estimate of drug-likeness (QED) is 0.803. The summed E-state index contributed by atoms with van der Waals surface area (Å²) in [6, 6.07) is 2.11. The van der Waals surface area contributed by atoms with Gasteiger partial charge in [0.2, 0.25) is 0 Å². The number of carbonyl (C=O) groups is 1. The minimum atomic E-state index is -0.320. The minimum absolute atomic E-state index is 0.320. The highest BCUT2D eigenvalue weighted by atomic mass is 32.1. The number of nitrogens with zero attached hydrogens (tertiary/aromatic N) is 1. The predicted molar refractivity (Wildman–Crippen MR) is 78.7 cm³/mol. The van der Waals surface area contributed by atoms with Gasteiger partial charge >= 0.3 is 0 Å². The Morgan fingerprint density at radius 3 is 2.79 bits per heavy atom. The molecule has 2 heterocycles. The minimum Gasteiger partial charge on any atom is -0.379 e. The molecular formula is C15H23NO2S. The molecule has 1 atom stereocenters. The highest BCUT2D eigenvalue weighted by molar-refractivity contribution is 7.07. The molecular weight excluding hydrogens is 258 g/mol. The van der Waals surface area contributed by atoms with Gasteiger partial charge in [-0.3, -0.25) is 9.69 Å². The number of rotatable bonds is 6. The first-order chi connectivity index (χ1) is 9.16. The molecule has 1 saturated heterocycles. The molecule has 1 fully saturated rings. The van der Waals surface area contributed by atoms with Crippen LogP contribution in [0.3, 0.4) is 0 Å². The van der Waals surface area contributed by atoms with E-state index in [9.17, 15) is 4.79 Å². The van der Waals surface area contributed by atoms with Gasteiger partial charge in [-0.2, -0.15) is 11.3 Å². The molecule has 0 aliphatic carbocycles. The summed E-state index contributed by atoms with van der Waals surface area (Å²) < 4.78 is 5.39. The lowest BCUT2D eigenvalue weighted by Crippen LogP contribution is -2.56. The van der Waals surface area contributed by atoms with E-state index >= 15 is 0 Å². The van der Waals surface area contributed by atoms with Crippen molar-refractivity contribution in [1.29, 1.82) is 0 Å². The molecule has 19 heavy (non-hydrogen) atoms. The Kier molecular flexibility index (Phi) is 5.13. The van der Waals surface area contributed by atoms with E-state index in [4.69, 9.17) is 4.74 Å². The molecule has 0 amide bonds. The summed E-state index contributed by atoms with van der Waals surface area (Å²) in [6.07, 6.45) is 2.37. The molecule has 1 aliphatic rings. The number of morpholine rings is 1. The van der Waals surface area contributed by atoms with Gasteiger partial charge in [0.1, 0.15) is 0 Å². The second kappa shape index (κ2) is 6.64. The lowest BCUT2D eigenvalue weighted by atomic mass is 9.87. The van der Waals surface area contributed by atoms with E-state index in [0.29, 0.717) is 12.2 Å². The number of ketones is 1.